The van der Waals surface area contributed by atoms with Crippen molar-refractivity contribution in [3.05, 3.63) is 28.2 Å². The van der Waals surface area contributed by atoms with E-state index >= 15 is 0 Å². The predicted octanol–water partition coefficient (Wildman–Crippen LogP) is 2.33. The second-order valence-electron chi connectivity index (χ2n) is 5.31. The van der Waals surface area contributed by atoms with Gasteiger partial charge in [-0.05, 0) is 47.0 Å². The predicted molar refractivity (Wildman–Crippen MR) is 84.8 cm³/mol. The van der Waals surface area contributed by atoms with Crippen molar-refractivity contribution < 1.29 is 13.2 Å². The lowest BCUT2D eigenvalue weighted by atomic mass is 10.2. The lowest BCUT2D eigenvalue weighted by molar-refractivity contribution is 0.0826. The minimum Gasteiger partial charge on any atom is -0.345 e. The van der Waals surface area contributed by atoms with E-state index in [0.717, 1.165) is 19.3 Å². The highest BCUT2D eigenvalue weighted by Crippen LogP contribution is 2.25. The molecule has 1 aromatic rings. The van der Waals surface area contributed by atoms with E-state index in [1.54, 1.807) is 26.2 Å². The van der Waals surface area contributed by atoms with Crippen LogP contribution in [0, 0.1) is 0 Å². The Labute approximate surface area is 134 Å². The zero-order valence-electron chi connectivity index (χ0n) is 12.2. The molecule has 21 heavy (non-hydrogen) atoms. The average Bonchev–Trinajstić information content (AvgIpc) is 2.47. The van der Waals surface area contributed by atoms with E-state index in [-0.39, 0.29) is 10.8 Å². The monoisotopic (exact) mass is 374 g/mol. The summed E-state index contributed by atoms with van der Waals surface area (Å²) in [6.07, 6.45) is 2.84. The minimum absolute atomic E-state index is 0.179. The third kappa shape index (κ3) is 3.46. The molecule has 0 saturated carbocycles. The molecule has 0 radical (unpaired) electrons. The number of nitrogens with zero attached hydrogens (tertiary/aromatic N) is 2. The molecular formula is C14H19BrN2O3S. The van der Waals surface area contributed by atoms with Crippen LogP contribution in [0.3, 0.4) is 0 Å². The first-order valence-corrected chi connectivity index (χ1v) is 9.08. The Morgan fingerprint density at radius 1 is 1.19 bits per heavy atom. The molecule has 7 heteroatoms. The Balaban J connectivity index is 2.40. The van der Waals surface area contributed by atoms with Crippen LogP contribution >= 0.6 is 15.9 Å². The third-order valence-corrected chi connectivity index (χ3v) is 6.11. The smallest absolute Gasteiger partial charge is 0.254 e. The molecule has 0 aromatic heterocycles. The van der Waals surface area contributed by atoms with Gasteiger partial charge in [0.25, 0.3) is 5.91 Å². The Morgan fingerprint density at radius 2 is 1.81 bits per heavy atom. The number of benzene rings is 1. The first-order valence-electron chi connectivity index (χ1n) is 6.85. The van der Waals surface area contributed by atoms with Crippen LogP contribution in [0.4, 0.5) is 0 Å². The normalized spacial score (nSPS) is 16.7. The lowest BCUT2D eigenvalue weighted by Gasteiger charge is -2.26. The fourth-order valence-corrected chi connectivity index (χ4v) is 4.28. The van der Waals surface area contributed by atoms with Gasteiger partial charge in [0, 0.05) is 31.7 Å². The van der Waals surface area contributed by atoms with E-state index in [1.165, 1.54) is 15.3 Å². The van der Waals surface area contributed by atoms with Crippen molar-refractivity contribution in [2.75, 3.05) is 27.2 Å². The summed E-state index contributed by atoms with van der Waals surface area (Å²) < 4.78 is 27.4. The molecule has 1 heterocycles. The van der Waals surface area contributed by atoms with Crippen LogP contribution in [0.15, 0.2) is 27.6 Å². The third-order valence-electron chi connectivity index (χ3n) is 3.53. The molecular weight excluding hydrogens is 356 g/mol. The maximum absolute atomic E-state index is 12.6. The van der Waals surface area contributed by atoms with Crippen molar-refractivity contribution in [1.29, 1.82) is 0 Å². The first kappa shape index (κ1) is 16.5. The number of carbonyl (C=O) groups excluding carboxylic acids is 1. The molecule has 0 unspecified atom stereocenters. The van der Waals surface area contributed by atoms with Crippen LogP contribution in [0.25, 0.3) is 0 Å². The van der Waals surface area contributed by atoms with Crippen LogP contribution in [0.5, 0.6) is 0 Å². The van der Waals surface area contributed by atoms with Gasteiger partial charge in [-0.1, -0.05) is 6.42 Å². The largest absolute Gasteiger partial charge is 0.345 e. The minimum atomic E-state index is -3.52. The van der Waals surface area contributed by atoms with Gasteiger partial charge in [0.2, 0.25) is 10.0 Å². The van der Waals surface area contributed by atoms with Gasteiger partial charge in [0.15, 0.2) is 0 Å². The zero-order chi connectivity index (χ0) is 15.6. The van der Waals surface area contributed by atoms with E-state index in [0.29, 0.717) is 23.1 Å². The quantitative estimate of drug-likeness (QED) is 0.815. The average molecular weight is 375 g/mol. The number of rotatable bonds is 3. The molecule has 1 saturated heterocycles. The van der Waals surface area contributed by atoms with Crippen molar-refractivity contribution >= 4 is 31.9 Å². The summed E-state index contributed by atoms with van der Waals surface area (Å²) in [5, 5.41) is 0. The van der Waals surface area contributed by atoms with E-state index in [9.17, 15) is 13.2 Å². The maximum Gasteiger partial charge on any atom is 0.254 e. The molecule has 116 valence electrons. The summed E-state index contributed by atoms with van der Waals surface area (Å²) in [6, 6.07) is 4.62. The molecule has 1 aliphatic heterocycles. The number of sulfonamides is 1. The van der Waals surface area contributed by atoms with E-state index in [4.69, 9.17) is 0 Å². The van der Waals surface area contributed by atoms with Gasteiger partial charge in [0.05, 0.1) is 10.5 Å². The van der Waals surface area contributed by atoms with Gasteiger partial charge in [0.1, 0.15) is 0 Å². The van der Waals surface area contributed by atoms with Gasteiger partial charge in [-0.2, -0.15) is 4.31 Å². The molecule has 2 rings (SSSR count). The van der Waals surface area contributed by atoms with Gasteiger partial charge >= 0.3 is 0 Å². The van der Waals surface area contributed by atoms with Crippen LogP contribution in [0.2, 0.25) is 0 Å². The molecule has 0 aliphatic carbocycles. The van der Waals surface area contributed by atoms with Crippen LogP contribution < -0.4 is 0 Å². The van der Waals surface area contributed by atoms with E-state index in [1.807, 2.05) is 0 Å². The summed E-state index contributed by atoms with van der Waals surface area (Å²) in [6.45, 7) is 1.10. The SMILES string of the molecule is CN(C)C(=O)c1cc(S(=O)(=O)N2CCCCC2)ccc1Br. The number of carbonyl (C=O) groups is 1. The van der Waals surface area contributed by atoms with Crippen LogP contribution in [0.1, 0.15) is 29.6 Å². The lowest BCUT2D eigenvalue weighted by Crippen LogP contribution is -2.35. The van der Waals surface area contributed by atoms with Gasteiger partial charge < -0.3 is 4.90 Å². The molecule has 5 nitrogen and oxygen atoms in total. The summed E-state index contributed by atoms with van der Waals surface area (Å²) in [7, 11) is -0.240. The zero-order valence-corrected chi connectivity index (χ0v) is 14.6. The molecule has 1 fully saturated rings. The fraction of sp³-hybridized carbons (Fsp3) is 0.500. The van der Waals surface area contributed by atoms with Crippen LogP contribution in [-0.2, 0) is 10.0 Å². The number of amides is 1. The maximum atomic E-state index is 12.6. The number of hydrogen-bond donors (Lipinski definition) is 0. The standard InChI is InChI=1S/C14H19BrN2O3S/c1-16(2)14(18)12-10-11(6-7-13(12)15)21(19,20)17-8-4-3-5-9-17/h6-7,10H,3-5,8-9H2,1-2H3. The second kappa shape index (κ2) is 6.46. The summed E-state index contributed by atoms with van der Waals surface area (Å²) >= 11 is 3.31. The Morgan fingerprint density at radius 3 is 2.38 bits per heavy atom. The second-order valence-corrected chi connectivity index (χ2v) is 8.10. The fourth-order valence-electron chi connectivity index (χ4n) is 2.32. The molecule has 0 N–H and O–H groups in total. The Hall–Kier alpha value is -0.920. The molecule has 0 spiro atoms. The Kier molecular flexibility index (Phi) is 5.06. The highest BCUT2D eigenvalue weighted by atomic mass is 79.9. The molecule has 0 atom stereocenters. The van der Waals surface area contributed by atoms with Gasteiger partial charge in [-0.15, -0.1) is 0 Å². The molecule has 1 aliphatic rings. The van der Waals surface area contributed by atoms with Gasteiger partial charge in [-0.25, -0.2) is 8.42 Å². The summed E-state index contributed by atoms with van der Waals surface area (Å²) in [5.41, 5.74) is 0.359. The van der Waals surface area contributed by atoms with Crippen molar-refractivity contribution in [2.45, 2.75) is 24.2 Å². The number of hydrogen-bond acceptors (Lipinski definition) is 3. The van der Waals surface area contributed by atoms with Crippen molar-refractivity contribution in [3.63, 3.8) is 0 Å². The Bertz CT molecular complexity index is 638. The summed E-state index contributed by atoms with van der Waals surface area (Å²) in [4.78, 5) is 13.7. The van der Waals surface area contributed by atoms with Crippen molar-refractivity contribution in [3.8, 4) is 0 Å². The summed E-state index contributed by atoms with van der Waals surface area (Å²) in [5.74, 6) is -0.224. The highest BCUT2D eigenvalue weighted by molar-refractivity contribution is 9.10. The van der Waals surface area contributed by atoms with E-state index in [2.05, 4.69) is 15.9 Å². The molecule has 0 bridgehead atoms. The first-order chi connectivity index (χ1) is 9.84. The van der Waals surface area contributed by atoms with Gasteiger partial charge in [-0.3, -0.25) is 4.79 Å². The van der Waals surface area contributed by atoms with Crippen molar-refractivity contribution in [2.24, 2.45) is 0 Å². The topological polar surface area (TPSA) is 57.7 Å². The number of halogens is 1. The number of piperidine rings is 1. The van der Waals surface area contributed by atoms with E-state index < -0.39 is 10.0 Å². The van der Waals surface area contributed by atoms with Crippen molar-refractivity contribution in [1.82, 2.24) is 9.21 Å². The highest BCUT2D eigenvalue weighted by Gasteiger charge is 2.27. The van der Waals surface area contributed by atoms with Crippen LogP contribution in [-0.4, -0.2) is 50.7 Å². The molecule has 1 aromatic carbocycles. The molecule has 1 amide bonds.